The molecular weight excluding hydrogens is 286 g/mol. The van der Waals surface area contributed by atoms with Crippen LogP contribution in [0.15, 0.2) is 30.3 Å². The number of nitrogens with zero attached hydrogens (tertiary/aromatic N) is 3. The van der Waals surface area contributed by atoms with Gasteiger partial charge in [-0.3, -0.25) is 0 Å². The molecule has 2 fully saturated rings. The summed E-state index contributed by atoms with van der Waals surface area (Å²) in [4.78, 5) is 0. The van der Waals surface area contributed by atoms with E-state index in [1.807, 2.05) is 30.3 Å². The zero-order valence-corrected chi connectivity index (χ0v) is 13.3. The van der Waals surface area contributed by atoms with Crippen molar-refractivity contribution in [1.82, 2.24) is 13.7 Å². The van der Waals surface area contributed by atoms with Crippen molar-refractivity contribution in [2.24, 2.45) is 0 Å². The molecule has 5 nitrogen and oxygen atoms in total. The molecule has 1 aromatic carbocycles. The smallest absolute Gasteiger partial charge is 0.229 e. The molecule has 1 atom stereocenters. The Morgan fingerprint density at radius 2 is 1.67 bits per heavy atom. The highest BCUT2D eigenvalue weighted by Crippen LogP contribution is 2.29. The lowest BCUT2D eigenvalue weighted by molar-refractivity contribution is 0.143. The van der Waals surface area contributed by atoms with Crippen molar-refractivity contribution >= 4 is 10.2 Å². The molecule has 1 unspecified atom stereocenters. The molecule has 2 heterocycles. The highest BCUT2D eigenvalue weighted by Gasteiger charge is 2.39. The first-order chi connectivity index (χ1) is 10.1. The molecule has 2 aliphatic rings. The summed E-state index contributed by atoms with van der Waals surface area (Å²) < 4.78 is 28.8. The predicted octanol–water partition coefficient (Wildman–Crippen LogP) is 1.66. The molecule has 0 spiro atoms. The number of hydrazine groups is 1. The summed E-state index contributed by atoms with van der Waals surface area (Å²) in [6.07, 6.45) is 3.08. The van der Waals surface area contributed by atoms with E-state index >= 15 is 0 Å². The Morgan fingerprint density at radius 3 is 2.33 bits per heavy atom. The standard InChI is InChI=1S/C15H23N3O2S/c1-16-12-15(14-8-4-2-5-9-14)13-18(16)21(19,20)17-10-6-3-7-11-17/h2,4-5,8-9,15H,3,6-7,10-13H2,1H3. The number of rotatable bonds is 3. The third kappa shape index (κ3) is 2.99. The van der Waals surface area contributed by atoms with E-state index in [1.165, 1.54) is 5.56 Å². The topological polar surface area (TPSA) is 43.9 Å². The second-order valence-corrected chi connectivity index (χ2v) is 7.75. The minimum absolute atomic E-state index is 0.246. The van der Waals surface area contributed by atoms with Crippen molar-refractivity contribution in [3.63, 3.8) is 0 Å². The lowest BCUT2D eigenvalue weighted by atomic mass is 10.0. The van der Waals surface area contributed by atoms with Gasteiger partial charge in [0.05, 0.1) is 0 Å². The van der Waals surface area contributed by atoms with Crippen LogP contribution in [0.4, 0.5) is 0 Å². The van der Waals surface area contributed by atoms with Crippen molar-refractivity contribution in [1.29, 1.82) is 0 Å². The summed E-state index contributed by atoms with van der Waals surface area (Å²) in [5.74, 6) is 0.246. The highest BCUT2D eigenvalue weighted by atomic mass is 32.2. The first-order valence-corrected chi connectivity index (χ1v) is 9.02. The summed E-state index contributed by atoms with van der Waals surface area (Å²) in [5, 5.41) is 1.85. The zero-order valence-electron chi connectivity index (χ0n) is 12.5. The Balaban J connectivity index is 1.77. The molecular formula is C15H23N3O2S. The molecule has 0 N–H and O–H groups in total. The first kappa shape index (κ1) is 15.0. The van der Waals surface area contributed by atoms with Gasteiger partial charge in [0.2, 0.25) is 0 Å². The second kappa shape index (κ2) is 6.04. The largest absolute Gasteiger partial charge is 0.295 e. The first-order valence-electron chi connectivity index (χ1n) is 7.63. The third-order valence-electron chi connectivity index (χ3n) is 4.42. The summed E-state index contributed by atoms with van der Waals surface area (Å²) in [6.45, 7) is 2.60. The van der Waals surface area contributed by atoms with Gasteiger partial charge >= 0.3 is 0 Å². The zero-order chi connectivity index (χ0) is 14.9. The average Bonchev–Trinajstić information content (AvgIpc) is 2.92. The number of hydrogen-bond acceptors (Lipinski definition) is 3. The molecule has 2 saturated heterocycles. The summed E-state index contributed by atoms with van der Waals surface area (Å²) in [5.41, 5.74) is 1.21. The van der Waals surface area contributed by atoms with E-state index in [0.29, 0.717) is 19.6 Å². The molecule has 0 radical (unpaired) electrons. The SMILES string of the molecule is CN1CC(c2ccccc2)CN1S(=O)(=O)N1CCCCC1. The molecule has 0 amide bonds. The maximum Gasteiger partial charge on any atom is 0.295 e. The molecule has 0 aliphatic carbocycles. The van der Waals surface area contributed by atoms with E-state index in [4.69, 9.17) is 0 Å². The van der Waals surface area contributed by atoms with Gasteiger partial charge in [-0.05, 0) is 18.4 Å². The minimum Gasteiger partial charge on any atom is -0.229 e. The van der Waals surface area contributed by atoms with Crippen LogP contribution in [0.2, 0.25) is 0 Å². The Bertz CT molecular complexity index is 570. The molecule has 0 saturated carbocycles. The molecule has 1 aromatic rings. The average molecular weight is 309 g/mol. The van der Waals surface area contributed by atoms with Gasteiger partial charge in [-0.25, -0.2) is 5.01 Å². The van der Waals surface area contributed by atoms with E-state index in [2.05, 4.69) is 12.1 Å². The van der Waals surface area contributed by atoms with Gasteiger partial charge < -0.3 is 0 Å². The van der Waals surface area contributed by atoms with Crippen molar-refractivity contribution in [3.8, 4) is 0 Å². The molecule has 116 valence electrons. The Morgan fingerprint density at radius 1 is 1.00 bits per heavy atom. The van der Waals surface area contributed by atoms with Crippen molar-refractivity contribution in [3.05, 3.63) is 35.9 Å². The summed E-state index contributed by atoms with van der Waals surface area (Å²) in [7, 11) is -1.49. The van der Waals surface area contributed by atoms with E-state index < -0.39 is 10.2 Å². The Labute approximate surface area is 127 Å². The van der Waals surface area contributed by atoms with Crippen molar-refractivity contribution in [2.45, 2.75) is 25.2 Å². The fourth-order valence-corrected chi connectivity index (χ4v) is 5.00. The van der Waals surface area contributed by atoms with E-state index in [9.17, 15) is 8.42 Å². The minimum atomic E-state index is -3.36. The lowest BCUT2D eigenvalue weighted by Gasteiger charge is -2.32. The van der Waals surface area contributed by atoms with Crippen LogP contribution in [0.25, 0.3) is 0 Å². The van der Waals surface area contributed by atoms with Crippen molar-refractivity contribution in [2.75, 3.05) is 33.2 Å². The van der Waals surface area contributed by atoms with Crippen LogP contribution in [0.3, 0.4) is 0 Å². The van der Waals surface area contributed by atoms with Crippen LogP contribution in [-0.4, -0.2) is 55.4 Å². The fraction of sp³-hybridized carbons (Fsp3) is 0.600. The molecule has 21 heavy (non-hydrogen) atoms. The maximum absolute atomic E-state index is 12.8. The van der Waals surface area contributed by atoms with Gasteiger partial charge in [0, 0.05) is 39.1 Å². The van der Waals surface area contributed by atoms with Crippen LogP contribution in [-0.2, 0) is 10.2 Å². The fourth-order valence-electron chi connectivity index (χ4n) is 3.23. The molecule has 0 aromatic heterocycles. The molecule has 6 heteroatoms. The third-order valence-corrected chi connectivity index (χ3v) is 6.40. The van der Waals surface area contributed by atoms with Gasteiger partial charge in [0.15, 0.2) is 0 Å². The normalized spacial score (nSPS) is 26.2. The summed E-state index contributed by atoms with van der Waals surface area (Å²) >= 11 is 0. The number of hydrogen-bond donors (Lipinski definition) is 0. The highest BCUT2D eigenvalue weighted by molar-refractivity contribution is 7.86. The van der Waals surface area contributed by atoms with E-state index in [1.54, 1.807) is 8.72 Å². The van der Waals surface area contributed by atoms with Crippen LogP contribution in [0.1, 0.15) is 30.7 Å². The number of piperidine rings is 1. The van der Waals surface area contributed by atoms with Crippen LogP contribution in [0.5, 0.6) is 0 Å². The molecule has 0 bridgehead atoms. The monoisotopic (exact) mass is 309 g/mol. The van der Waals surface area contributed by atoms with Gasteiger partial charge in [-0.2, -0.15) is 12.7 Å². The Kier molecular flexibility index (Phi) is 4.31. The quantitative estimate of drug-likeness (QED) is 0.853. The summed E-state index contributed by atoms with van der Waals surface area (Å²) in [6, 6.07) is 10.2. The van der Waals surface area contributed by atoms with Crippen LogP contribution in [0, 0.1) is 0 Å². The Hall–Kier alpha value is -0.950. The van der Waals surface area contributed by atoms with Crippen molar-refractivity contribution < 1.29 is 8.42 Å². The van der Waals surface area contributed by atoms with Crippen LogP contribution < -0.4 is 0 Å². The second-order valence-electron chi connectivity index (χ2n) is 5.92. The maximum atomic E-state index is 12.8. The molecule has 2 aliphatic heterocycles. The van der Waals surface area contributed by atoms with Crippen LogP contribution >= 0.6 is 0 Å². The number of likely N-dealkylation sites (N-methyl/N-ethyl adjacent to an activating group) is 1. The molecule has 3 rings (SSSR count). The predicted molar refractivity (Wildman–Crippen MR) is 82.9 cm³/mol. The van der Waals surface area contributed by atoms with Gasteiger partial charge in [0.1, 0.15) is 0 Å². The number of benzene rings is 1. The van der Waals surface area contributed by atoms with E-state index in [-0.39, 0.29) is 5.92 Å². The van der Waals surface area contributed by atoms with Gasteiger partial charge in [0.25, 0.3) is 10.2 Å². The lowest BCUT2D eigenvalue weighted by Crippen LogP contribution is -2.49. The van der Waals surface area contributed by atoms with E-state index in [0.717, 1.165) is 25.8 Å². The van der Waals surface area contributed by atoms with Gasteiger partial charge in [-0.1, -0.05) is 36.8 Å². The van der Waals surface area contributed by atoms with Gasteiger partial charge in [-0.15, -0.1) is 4.41 Å².